The van der Waals surface area contributed by atoms with Crippen molar-refractivity contribution in [3.05, 3.63) is 83.8 Å². The second-order valence-electron chi connectivity index (χ2n) is 7.64. The summed E-state index contributed by atoms with van der Waals surface area (Å²) in [4.78, 5) is 10.8. The molecular formula is C23H22N4O2. The number of hydrogen-bond acceptors (Lipinski definition) is 6. The van der Waals surface area contributed by atoms with Gasteiger partial charge in [0.15, 0.2) is 0 Å². The first-order valence-corrected chi connectivity index (χ1v) is 9.47. The van der Waals surface area contributed by atoms with Gasteiger partial charge in [-0.05, 0) is 55.8 Å². The van der Waals surface area contributed by atoms with Crippen LogP contribution in [-0.4, -0.2) is 26.8 Å². The number of aliphatic hydroxyl groups is 1. The Morgan fingerprint density at radius 1 is 1.17 bits per heavy atom. The van der Waals surface area contributed by atoms with Gasteiger partial charge in [-0.25, -0.2) is 4.98 Å². The lowest BCUT2D eigenvalue weighted by molar-refractivity contribution is -0.0591. The number of fused-ring (bicyclic) bond motifs is 1. The fourth-order valence-corrected chi connectivity index (χ4v) is 3.71. The molecule has 2 aromatic heterocycles. The van der Waals surface area contributed by atoms with Gasteiger partial charge in [0, 0.05) is 30.7 Å². The Bertz CT molecular complexity index is 1030. The monoisotopic (exact) mass is 386 g/mol. The van der Waals surface area contributed by atoms with Crippen molar-refractivity contribution < 1.29 is 9.84 Å². The van der Waals surface area contributed by atoms with E-state index in [-0.39, 0.29) is 0 Å². The quantitative estimate of drug-likeness (QED) is 0.737. The van der Waals surface area contributed by atoms with Gasteiger partial charge < -0.3 is 14.7 Å². The van der Waals surface area contributed by atoms with Crippen LogP contribution in [-0.2, 0) is 6.54 Å². The normalized spacial score (nSPS) is 19.5. The number of benzene rings is 1. The highest BCUT2D eigenvalue weighted by Crippen LogP contribution is 2.44. The van der Waals surface area contributed by atoms with E-state index in [2.05, 4.69) is 16.0 Å². The molecule has 2 atom stereocenters. The van der Waals surface area contributed by atoms with Crippen molar-refractivity contribution in [1.29, 1.82) is 5.26 Å². The molecule has 1 aromatic carbocycles. The topological polar surface area (TPSA) is 82.3 Å². The van der Waals surface area contributed by atoms with Gasteiger partial charge in [-0.1, -0.05) is 12.1 Å². The maximum Gasteiger partial charge on any atom is 0.132 e. The molecule has 0 fully saturated rings. The number of aromatic nitrogens is 2. The molecule has 1 aliphatic heterocycles. The summed E-state index contributed by atoms with van der Waals surface area (Å²) in [6.45, 7) is 4.23. The number of ether oxygens (including phenoxy) is 1. The van der Waals surface area contributed by atoms with Gasteiger partial charge in [0.2, 0.25) is 0 Å². The summed E-state index contributed by atoms with van der Waals surface area (Å²) in [6.07, 6.45) is 4.42. The van der Waals surface area contributed by atoms with Gasteiger partial charge in [-0.2, -0.15) is 5.26 Å². The molecule has 29 heavy (non-hydrogen) atoms. The van der Waals surface area contributed by atoms with Crippen LogP contribution in [0, 0.1) is 11.3 Å². The van der Waals surface area contributed by atoms with Gasteiger partial charge in [-0.15, -0.1) is 0 Å². The van der Waals surface area contributed by atoms with Crippen LogP contribution in [0.2, 0.25) is 0 Å². The predicted molar refractivity (Wildman–Crippen MR) is 109 cm³/mol. The van der Waals surface area contributed by atoms with Gasteiger partial charge in [0.1, 0.15) is 23.3 Å². The van der Waals surface area contributed by atoms with Crippen molar-refractivity contribution in [2.24, 2.45) is 0 Å². The summed E-state index contributed by atoms with van der Waals surface area (Å²) in [5, 5.41) is 20.7. The van der Waals surface area contributed by atoms with Gasteiger partial charge in [0.25, 0.3) is 0 Å². The standard InChI is InChI=1S/C23H22N4O2/c1-23(2)22(28)21(18-12-16(13-24)8-9-19(18)29-23)27(20-7-3-4-11-26-20)15-17-6-5-10-25-14-17/h3-12,14,21-22,28H,15H2,1-2H3/t21?,22-/m1/s1. The zero-order valence-electron chi connectivity index (χ0n) is 16.4. The third-order valence-electron chi connectivity index (χ3n) is 5.20. The first-order chi connectivity index (χ1) is 14.0. The SMILES string of the molecule is CC1(C)Oc2ccc(C#N)cc2C(N(Cc2cccnc2)c2ccccn2)[C@H]1O. The summed E-state index contributed by atoms with van der Waals surface area (Å²) >= 11 is 0. The minimum atomic E-state index is -0.845. The Morgan fingerprint density at radius 3 is 2.72 bits per heavy atom. The van der Waals surface area contributed by atoms with Crippen LogP contribution in [0.4, 0.5) is 5.82 Å². The number of rotatable bonds is 4. The molecule has 0 amide bonds. The van der Waals surface area contributed by atoms with Gasteiger partial charge in [0.05, 0.1) is 17.7 Å². The first-order valence-electron chi connectivity index (χ1n) is 9.47. The van der Waals surface area contributed by atoms with Crippen molar-refractivity contribution >= 4 is 5.82 Å². The fourth-order valence-electron chi connectivity index (χ4n) is 3.71. The van der Waals surface area contributed by atoms with Crippen LogP contribution in [0.5, 0.6) is 5.75 Å². The minimum absolute atomic E-state index is 0.447. The zero-order chi connectivity index (χ0) is 20.4. The summed E-state index contributed by atoms with van der Waals surface area (Å²) in [7, 11) is 0. The molecule has 1 aliphatic rings. The number of anilines is 1. The van der Waals surface area contributed by atoms with Crippen LogP contribution in [0.3, 0.4) is 0 Å². The van der Waals surface area contributed by atoms with E-state index < -0.39 is 17.7 Å². The highest BCUT2D eigenvalue weighted by Gasteiger charge is 2.46. The van der Waals surface area contributed by atoms with Crippen molar-refractivity contribution in [3.8, 4) is 11.8 Å². The Hall–Kier alpha value is -3.43. The summed E-state index contributed by atoms with van der Waals surface area (Å²) in [6, 6.07) is 16.6. The summed E-state index contributed by atoms with van der Waals surface area (Å²) in [5.74, 6) is 1.39. The molecular weight excluding hydrogens is 364 g/mol. The van der Waals surface area contributed by atoms with E-state index in [0.717, 1.165) is 16.9 Å². The molecule has 6 nitrogen and oxygen atoms in total. The van der Waals surface area contributed by atoms with Crippen LogP contribution in [0.15, 0.2) is 67.1 Å². The maximum atomic E-state index is 11.3. The van der Waals surface area contributed by atoms with Gasteiger partial charge in [-0.3, -0.25) is 4.98 Å². The molecule has 6 heteroatoms. The molecule has 1 N–H and O–H groups in total. The van der Waals surface area contributed by atoms with Crippen LogP contribution < -0.4 is 9.64 Å². The molecule has 146 valence electrons. The fraction of sp³-hybridized carbons (Fsp3) is 0.261. The van der Waals surface area contributed by atoms with Crippen LogP contribution in [0.25, 0.3) is 0 Å². The lowest BCUT2D eigenvalue weighted by atomic mass is 9.84. The van der Waals surface area contributed by atoms with E-state index in [1.807, 2.05) is 49.1 Å². The van der Waals surface area contributed by atoms with Crippen LogP contribution in [0.1, 0.15) is 36.6 Å². The molecule has 3 heterocycles. The van der Waals surface area contributed by atoms with E-state index in [1.165, 1.54) is 0 Å². The molecule has 0 bridgehead atoms. The van der Waals surface area contributed by atoms with E-state index in [0.29, 0.717) is 17.9 Å². The van der Waals surface area contributed by atoms with Crippen molar-refractivity contribution in [2.75, 3.05) is 4.90 Å². The Balaban J connectivity index is 1.87. The smallest absolute Gasteiger partial charge is 0.132 e. The Labute approximate surface area is 170 Å². The average molecular weight is 386 g/mol. The maximum absolute atomic E-state index is 11.3. The second kappa shape index (κ2) is 7.53. The molecule has 0 saturated heterocycles. The summed E-state index contributed by atoms with van der Waals surface area (Å²) in [5.41, 5.74) is 1.47. The third-order valence-corrected chi connectivity index (χ3v) is 5.20. The molecule has 0 radical (unpaired) electrons. The lowest BCUT2D eigenvalue weighted by Crippen LogP contribution is -2.53. The molecule has 0 aliphatic carbocycles. The van der Waals surface area contributed by atoms with Crippen molar-refractivity contribution in [2.45, 2.75) is 38.1 Å². The van der Waals surface area contributed by atoms with E-state index >= 15 is 0 Å². The third kappa shape index (κ3) is 3.65. The van der Waals surface area contributed by atoms with Gasteiger partial charge >= 0.3 is 0 Å². The van der Waals surface area contributed by atoms with Crippen molar-refractivity contribution in [3.63, 3.8) is 0 Å². The molecule has 1 unspecified atom stereocenters. The average Bonchev–Trinajstić information content (AvgIpc) is 2.74. The second-order valence-corrected chi connectivity index (χ2v) is 7.64. The molecule has 0 spiro atoms. The van der Waals surface area contributed by atoms with E-state index in [9.17, 15) is 10.4 Å². The van der Waals surface area contributed by atoms with E-state index in [1.54, 1.807) is 36.8 Å². The lowest BCUT2D eigenvalue weighted by Gasteiger charge is -2.46. The molecule has 0 saturated carbocycles. The highest BCUT2D eigenvalue weighted by molar-refractivity contribution is 5.52. The minimum Gasteiger partial charge on any atom is -0.485 e. The zero-order valence-corrected chi connectivity index (χ0v) is 16.4. The number of pyridine rings is 2. The number of nitriles is 1. The number of aliphatic hydroxyl groups excluding tert-OH is 1. The largest absolute Gasteiger partial charge is 0.485 e. The van der Waals surface area contributed by atoms with Crippen molar-refractivity contribution in [1.82, 2.24) is 9.97 Å². The highest BCUT2D eigenvalue weighted by atomic mass is 16.5. The molecule has 3 aromatic rings. The van der Waals surface area contributed by atoms with Crippen LogP contribution >= 0.6 is 0 Å². The Kier molecular flexibility index (Phi) is 4.91. The summed E-state index contributed by atoms with van der Waals surface area (Å²) < 4.78 is 6.08. The van der Waals surface area contributed by atoms with E-state index in [4.69, 9.17) is 4.74 Å². The number of nitrogens with zero attached hydrogens (tertiary/aromatic N) is 4. The predicted octanol–water partition coefficient (Wildman–Crippen LogP) is 3.63. The molecule has 4 rings (SSSR count). The Morgan fingerprint density at radius 2 is 2.03 bits per heavy atom. The first kappa shape index (κ1) is 18.9. The number of hydrogen-bond donors (Lipinski definition) is 1.